The van der Waals surface area contributed by atoms with E-state index in [4.69, 9.17) is 111 Å². The summed E-state index contributed by atoms with van der Waals surface area (Å²) < 4.78 is 147. The number of allylic oxidation sites excluding steroid dienone is 2. The topological polar surface area (TPSA) is 265 Å². The number of ether oxygens (including phenoxy) is 21. The smallest absolute Gasteiger partial charge is 0.309 e. The molecule has 0 aromatic heterocycles. The summed E-state index contributed by atoms with van der Waals surface area (Å²) in [6.07, 6.45) is -16.0. The minimum absolute atomic E-state index is 0.0207. The molecule has 698 valence electrons. The van der Waals surface area contributed by atoms with Gasteiger partial charge in [0.05, 0.1) is 84.0 Å². The van der Waals surface area contributed by atoms with Gasteiger partial charge >= 0.3 is 23.9 Å². The van der Waals surface area contributed by atoms with E-state index in [1.54, 1.807) is 19.9 Å². The maximum absolute atomic E-state index is 14.8. The first-order valence-electron chi connectivity index (χ1n) is 46.0. The van der Waals surface area contributed by atoms with Gasteiger partial charge in [-0.05, 0) is 91.2 Å². The van der Waals surface area contributed by atoms with E-state index in [-0.39, 0.29) is 72.0 Å². The largest absolute Gasteiger partial charge is 0.455 e. The summed E-state index contributed by atoms with van der Waals surface area (Å²) in [6.45, 7) is 17.3. The zero-order chi connectivity index (χ0) is 90.1. The molecule has 13 rings (SSSR count). The predicted octanol–water partition coefficient (Wildman–Crippen LogP) is 17.1. The molecule has 25 nitrogen and oxygen atoms in total. The van der Waals surface area contributed by atoms with Crippen molar-refractivity contribution in [3.05, 3.63) is 277 Å². The second kappa shape index (κ2) is 51.3. The van der Waals surface area contributed by atoms with Crippen LogP contribution in [0.2, 0.25) is 0 Å². The molecule has 0 aliphatic carbocycles. The quantitative estimate of drug-likeness (QED) is 0.0122. The Bertz CT molecular complexity index is 4400. The van der Waals surface area contributed by atoms with E-state index in [0.29, 0.717) is 50.5 Å². The SMILES string of the molecule is C=CCCCCC(=O)O[C@H]1[C@H](OC[C@H]2O[C@@H]3OC(CCl)(O[C@@H]4[C@@H](O)[C@H](O[C@H]5[C@H](O[C@H](CCCC=C)CCCCC)O[C@H](COCc6ccccc6)[C@@H](OCc6ccccc6)[C@@H]5OCc5ccccc5)O[C@@H]5CO[C@@H](c6ccccc6)O[C@@H]45)O[C@@H]3[C@@H](OC(=O)[C@@H](C)CC)[C@@H]2OC(=O)[C@@H](C)CC)O[C@H](COCc2ccccc2)[C@@H](OCc2ccccc2)[C@@H]1OCc1ccccc1. The molecule has 0 bridgehead atoms. The second-order valence-electron chi connectivity index (χ2n) is 33.8. The van der Waals surface area contributed by atoms with Crippen LogP contribution in [0.3, 0.4) is 0 Å². The molecule has 7 aromatic carbocycles. The number of esters is 3. The first kappa shape index (κ1) is 98.5. The van der Waals surface area contributed by atoms with Crippen molar-refractivity contribution in [1.29, 1.82) is 0 Å². The van der Waals surface area contributed by atoms with Crippen LogP contribution in [0.5, 0.6) is 0 Å². The Morgan fingerprint density at radius 1 is 0.457 bits per heavy atom. The van der Waals surface area contributed by atoms with E-state index >= 15 is 0 Å². The molecular formula is C103H129ClO25. The number of benzene rings is 7. The molecule has 6 fully saturated rings. The van der Waals surface area contributed by atoms with Crippen LogP contribution in [0.4, 0.5) is 0 Å². The van der Waals surface area contributed by atoms with Gasteiger partial charge < -0.3 is 99.8 Å². The molecule has 7 aromatic rings. The van der Waals surface area contributed by atoms with E-state index < -0.39 is 177 Å². The fourth-order valence-corrected chi connectivity index (χ4v) is 16.7. The highest BCUT2D eigenvalue weighted by molar-refractivity contribution is 6.18. The Hall–Kier alpha value is -8.04. The van der Waals surface area contributed by atoms with Crippen LogP contribution in [0.15, 0.2) is 238 Å². The first-order chi connectivity index (χ1) is 63.1. The van der Waals surface area contributed by atoms with Crippen molar-refractivity contribution in [1.82, 2.24) is 0 Å². The Balaban J connectivity index is 0.871. The maximum atomic E-state index is 14.8. The second-order valence-corrected chi connectivity index (χ2v) is 34.1. The van der Waals surface area contributed by atoms with Crippen LogP contribution >= 0.6 is 11.6 Å². The number of hydrogen-bond donors (Lipinski definition) is 1. The highest BCUT2D eigenvalue weighted by atomic mass is 35.5. The molecular weight excluding hydrogens is 1670 g/mol. The lowest BCUT2D eigenvalue weighted by Gasteiger charge is -2.51. The Morgan fingerprint density at radius 2 is 0.922 bits per heavy atom. The summed E-state index contributed by atoms with van der Waals surface area (Å²) in [5.74, 6) is -6.44. The summed E-state index contributed by atoms with van der Waals surface area (Å²) in [4.78, 5) is 44.2. The number of fused-ring (bicyclic) bond motifs is 2. The van der Waals surface area contributed by atoms with E-state index in [0.717, 1.165) is 65.5 Å². The third-order valence-corrected chi connectivity index (χ3v) is 24.4. The summed E-state index contributed by atoms with van der Waals surface area (Å²) >= 11 is 7.34. The molecule has 6 saturated heterocycles. The number of unbranched alkanes of at least 4 members (excludes halogenated alkanes) is 5. The number of halogens is 1. The van der Waals surface area contributed by atoms with Crippen molar-refractivity contribution < 1.29 is 119 Å². The first-order valence-corrected chi connectivity index (χ1v) is 46.5. The van der Waals surface area contributed by atoms with E-state index in [9.17, 15) is 19.5 Å². The summed E-state index contributed by atoms with van der Waals surface area (Å²) in [6, 6.07) is 67.5. The van der Waals surface area contributed by atoms with Crippen LogP contribution in [0.1, 0.15) is 163 Å². The Kier molecular flexibility index (Phi) is 39.1. The lowest BCUT2D eigenvalue weighted by Crippen LogP contribution is -2.68. The van der Waals surface area contributed by atoms with Crippen molar-refractivity contribution in [3.63, 3.8) is 0 Å². The Morgan fingerprint density at radius 3 is 1.43 bits per heavy atom. The monoisotopic (exact) mass is 1800 g/mol. The number of carbonyl (C=O) groups is 3. The lowest BCUT2D eigenvalue weighted by molar-refractivity contribution is -0.431. The average Bonchev–Trinajstić information content (AvgIpc) is 1.53. The van der Waals surface area contributed by atoms with Gasteiger partial charge in [0.2, 0.25) is 0 Å². The highest BCUT2D eigenvalue weighted by Gasteiger charge is 2.65. The molecule has 1 N–H and O–H groups in total. The average molecular weight is 1800 g/mol. The van der Waals surface area contributed by atoms with Gasteiger partial charge in [0.25, 0.3) is 0 Å². The molecule has 1 unspecified atom stereocenters. The molecule has 0 amide bonds. The Labute approximate surface area is 764 Å². The molecule has 0 spiro atoms. The fourth-order valence-electron chi connectivity index (χ4n) is 16.5. The van der Waals surface area contributed by atoms with Crippen LogP contribution in [0.25, 0.3) is 0 Å². The van der Waals surface area contributed by atoms with Crippen molar-refractivity contribution in [2.24, 2.45) is 11.8 Å². The summed E-state index contributed by atoms with van der Waals surface area (Å²) in [7, 11) is 0. The van der Waals surface area contributed by atoms with Gasteiger partial charge in [0, 0.05) is 12.0 Å². The normalized spacial score (nSPS) is 29.2. The molecule has 0 saturated carbocycles. The van der Waals surface area contributed by atoms with Crippen molar-refractivity contribution >= 4 is 29.5 Å². The van der Waals surface area contributed by atoms with Gasteiger partial charge in [-0.2, -0.15) is 0 Å². The minimum atomic E-state index is -2.47. The van der Waals surface area contributed by atoms with E-state index in [1.807, 2.05) is 232 Å². The number of carbonyl (C=O) groups excluding carboxylic acids is 3. The number of rotatable bonds is 51. The molecule has 0 radical (unpaired) electrons. The van der Waals surface area contributed by atoms with Gasteiger partial charge in [0.15, 0.2) is 55.9 Å². The van der Waals surface area contributed by atoms with Gasteiger partial charge in [-0.15, -0.1) is 24.8 Å². The van der Waals surface area contributed by atoms with Crippen LogP contribution < -0.4 is 0 Å². The van der Waals surface area contributed by atoms with Crippen LogP contribution in [0, 0.1) is 11.8 Å². The molecule has 6 heterocycles. The van der Waals surface area contributed by atoms with Crippen molar-refractivity contribution in [3.8, 4) is 0 Å². The number of hydrogen-bond acceptors (Lipinski definition) is 25. The summed E-state index contributed by atoms with van der Waals surface area (Å²) in [5.41, 5.74) is 5.88. The van der Waals surface area contributed by atoms with Gasteiger partial charge in [0.1, 0.15) is 79.1 Å². The maximum Gasteiger partial charge on any atom is 0.309 e. The minimum Gasteiger partial charge on any atom is -0.455 e. The number of aliphatic hydroxyl groups is 1. The molecule has 26 heteroatoms. The van der Waals surface area contributed by atoms with Crippen molar-refractivity contribution in [2.75, 3.05) is 32.3 Å². The van der Waals surface area contributed by atoms with Crippen molar-refractivity contribution in [2.45, 2.75) is 299 Å². The number of aliphatic hydroxyl groups excluding tert-OH is 1. The fraction of sp³-hybridized carbons (Fsp3) is 0.524. The molecule has 6 aliphatic rings. The third kappa shape index (κ3) is 28.0. The third-order valence-electron chi connectivity index (χ3n) is 24.1. The zero-order valence-electron chi connectivity index (χ0n) is 74.7. The van der Waals surface area contributed by atoms with Crippen LogP contribution in [-0.2, 0) is 153 Å². The highest BCUT2D eigenvalue weighted by Crippen LogP contribution is 2.47. The van der Waals surface area contributed by atoms with Crippen LogP contribution in [-0.4, -0.2) is 190 Å². The number of alkyl halides is 1. The zero-order valence-corrected chi connectivity index (χ0v) is 75.5. The van der Waals surface area contributed by atoms with E-state index in [1.165, 1.54) is 0 Å². The molecule has 25 atom stereocenters. The summed E-state index contributed by atoms with van der Waals surface area (Å²) in [5, 5.41) is 13.8. The standard InChI is InChI=1S/C103H129ClO25/c1-8-13-16-40-57-83(105)122-93-90(113-62-75-49-34-21-35-50-75)85(111-60-73-45-30-19-31-46-73)79(64-109-58-71-41-26-17-27-42-71)119-100(93)116-67-82-88(123-96(107)69(6)11-4)92(124-97(108)70(7)12-5)95-102(121-82)129-103(68-104,128-95)127-89-84(106)99(118-81-66-115-98(125-87(81)89)77-53-38-23-39-54-77)126-94-91(114-63-76-51-36-22-37-52-76)86(112-61-74-47-32-20-33-48-74)80(65-110-59-72-43-28-18-29-44-72)120-101(94)117-78(55-24-14-9-2)56-25-15-10-3/h8-9,17-23,26-39,41-54,69-70,78-82,84-95,98-102,106H,1-2,10-16,24-25,40,55-68H2,3-7H3/t69-,70-,78+,79+,80+,81+,82+,84+,85+,86+,87+,88+,89+,90-,91-,92-,93+,94+,95+,98+,99-,100+,101+,102+,103?/m0/s1. The lowest BCUT2D eigenvalue weighted by atomic mass is 9.95. The van der Waals surface area contributed by atoms with Gasteiger partial charge in [-0.3, -0.25) is 19.1 Å². The molecule has 6 aliphatic heterocycles. The molecule has 129 heavy (non-hydrogen) atoms. The predicted molar refractivity (Wildman–Crippen MR) is 478 cm³/mol. The van der Waals surface area contributed by atoms with E-state index in [2.05, 4.69) is 20.1 Å². The van der Waals surface area contributed by atoms with Gasteiger partial charge in [-0.25, -0.2) is 0 Å². The van der Waals surface area contributed by atoms with Gasteiger partial charge in [-0.1, -0.05) is 278 Å².